The van der Waals surface area contributed by atoms with Gasteiger partial charge in [0.2, 0.25) is 11.7 Å². The third-order valence-corrected chi connectivity index (χ3v) is 5.03. The Bertz CT molecular complexity index is 962. The first-order valence-corrected chi connectivity index (χ1v) is 10.3. The van der Waals surface area contributed by atoms with E-state index in [0.29, 0.717) is 6.54 Å². The Kier molecular flexibility index (Phi) is 9.00. The van der Waals surface area contributed by atoms with E-state index >= 15 is 0 Å². The van der Waals surface area contributed by atoms with Crippen LogP contribution in [0, 0.1) is 17.0 Å². The first-order chi connectivity index (χ1) is 15.3. The molecule has 0 saturated carbocycles. The van der Waals surface area contributed by atoms with Crippen molar-refractivity contribution in [2.75, 3.05) is 20.3 Å². The highest BCUT2D eigenvalue weighted by Gasteiger charge is 2.27. The van der Waals surface area contributed by atoms with Crippen LogP contribution in [0.4, 0.5) is 5.69 Å². The molecule has 2 amide bonds. The summed E-state index contributed by atoms with van der Waals surface area (Å²) in [4.78, 5) is 37.6. The molecule has 2 aromatic carbocycles. The minimum Gasteiger partial charge on any atom is -0.490 e. The molecule has 172 valence electrons. The molecular weight excluding hydrogens is 414 g/mol. The number of nitro groups is 1. The number of methoxy groups -OCH3 is 1. The fourth-order valence-corrected chi connectivity index (χ4v) is 3.08. The van der Waals surface area contributed by atoms with Crippen molar-refractivity contribution in [3.63, 3.8) is 0 Å². The summed E-state index contributed by atoms with van der Waals surface area (Å²) in [5, 5.41) is 13.9. The zero-order chi connectivity index (χ0) is 23.7. The van der Waals surface area contributed by atoms with E-state index in [-0.39, 0.29) is 42.2 Å². The number of carbonyl (C=O) groups is 2. The number of rotatable bonds is 11. The first-order valence-electron chi connectivity index (χ1n) is 10.3. The topological polar surface area (TPSA) is 111 Å². The third kappa shape index (κ3) is 6.44. The summed E-state index contributed by atoms with van der Waals surface area (Å²) in [7, 11) is 1.32. The lowest BCUT2D eigenvalue weighted by atomic mass is 10.1. The maximum Gasteiger partial charge on any atom is 0.311 e. The maximum atomic E-state index is 13.1. The van der Waals surface area contributed by atoms with Crippen molar-refractivity contribution in [3.8, 4) is 11.5 Å². The number of hydrogen-bond donors (Lipinski definition) is 1. The second-order valence-electron chi connectivity index (χ2n) is 7.29. The van der Waals surface area contributed by atoms with Gasteiger partial charge in [-0.15, -0.1) is 0 Å². The van der Waals surface area contributed by atoms with Crippen molar-refractivity contribution in [3.05, 3.63) is 63.7 Å². The minimum absolute atomic E-state index is 0.0315. The molecule has 0 aromatic heterocycles. The number of hydrogen-bond acceptors (Lipinski definition) is 6. The maximum absolute atomic E-state index is 13.1. The normalized spacial score (nSPS) is 11.4. The van der Waals surface area contributed by atoms with Gasteiger partial charge in [-0.2, -0.15) is 0 Å². The highest BCUT2D eigenvalue weighted by Crippen LogP contribution is 2.30. The highest BCUT2D eigenvalue weighted by molar-refractivity contribution is 5.88. The Morgan fingerprint density at radius 1 is 1.22 bits per heavy atom. The van der Waals surface area contributed by atoms with E-state index < -0.39 is 11.0 Å². The summed E-state index contributed by atoms with van der Waals surface area (Å²) in [6, 6.07) is 11.0. The predicted octanol–water partition coefficient (Wildman–Crippen LogP) is 3.23. The van der Waals surface area contributed by atoms with Crippen molar-refractivity contribution in [1.82, 2.24) is 10.2 Å². The summed E-state index contributed by atoms with van der Waals surface area (Å²) in [5.74, 6) is -0.348. The number of amides is 2. The van der Waals surface area contributed by atoms with Crippen LogP contribution in [-0.2, 0) is 16.1 Å². The molecule has 0 fully saturated rings. The van der Waals surface area contributed by atoms with Crippen LogP contribution in [0.3, 0.4) is 0 Å². The molecule has 9 nitrogen and oxygen atoms in total. The van der Waals surface area contributed by atoms with Crippen molar-refractivity contribution in [2.24, 2.45) is 0 Å². The van der Waals surface area contributed by atoms with Gasteiger partial charge >= 0.3 is 5.69 Å². The number of benzene rings is 2. The Balaban J connectivity index is 2.19. The third-order valence-electron chi connectivity index (χ3n) is 5.03. The second-order valence-corrected chi connectivity index (χ2v) is 7.29. The summed E-state index contributed by atoms with van der Waals surface area (Å²) in [6.07, 6.45) is 0.787. The Labute approximate surface area is 187 Å². The monoisotopic (exact) mass is 443 g/mol. The average Bonchev–Trinajstić information content (AvgIpc) is 2.79. The first kappa shape index (κ1) is 24.6. The van der Waals surface area contributed by atoms with Crippen molar-refractivity contribution < 1.29 is 24.0 Å². The van der Waals surface area contributed by atoms with Gasteiger partial charge in [0.25, 0.3) is 5.91 Å². The second kappa shape index (κ2) is 11.7. The van der Waals surface area contributed by atoms with Crippen molar-refractivity contribution >= 4 is 17.5 Å². The zero-order valence-electron chi connectivity index (χ0n) is 18.8. The van der Waals surface area contributed by atoms with Gasteiger partial charge in [-0.25, -0.2) is 0 Å². The molecule has 32 heavy (non-hydrogen) atoms. The summed E-state index contributed by atoms with van der Waals surface area (Å²) in [6.45, 7) is 6.01. The van der Waals surface area contributed by atoms with Crippen LogP contribution < -0.4 is 14.8 Å². The zero-order valence-corrected chi connectivity index (χ0v) is 18.8. The molecule has 2 aromatic rings. The molecule has 0 unspecified atom stereocenters. The van der Waals surface area contributed by atoms with Gasteiger partial charge < -0.3 is 19.7 Å². The van der Waals surface area contributed by atoms with Gasteiger partial charge in [-0.3, -0.25) is 19.7 Å². The van der Waals surface area contributed by atoms with Crippen LogP contribution in [0.25, 0.3) is 0 Å². The van der Waals surface area contributed by atoms with E-state index in [1.54, 1.807) is 6.92 Å². The van der Waals surface area contributed by atoms with Gasteiger partial charge in [-0.05, 0) is 37.5 Å². The Hall–Kier alpha value is -3.62. The molecule has 0 saturated heterocycles. The lowest BCUT2D eigenvalue weighted by Crippen LogP contribution is -2.49. The standard InChI is InChI=1S/C23H29N3O6/c1-5-12-24-23(28)17(3)25(14-18-9-7-6-8-16(18)2)22(27)15-32-19-10-11-20(26(29)30)21(13-19)31-4/h6-11,13,17H,5,12,14-15H2,1-4H3,(H,24,28)/t17-/m1/s1. The van der Waals surface area contributed by atoms with Crippen LogP contribution in [-0.4, -0.2) is 47.9 Å². The smallest absolute Gasteiger partial charge is 0.311 e. The fourth-order valence-electron chi connectivity index (χ4n) is 3.08. The van der Waals surface area contributed by atoms with Crippen molar-refractivity contribution in [2.45, 2.75) is 39.8 Å². The number of ether oxygens (including phenoxy) is 2. The largest absolute Gasteiger partial charge is 0.490 e. The molecule has 0 aliphatic carbocycles. The minimum atomic E-state index is -0.705. The molecule has 0 aliphatic heterocycles. The molecule has 9 heteroatoms. The fraction of sp³-hybridized carbons (Fsp3) is 0.391. The van der Waals surface area contributed by atoms with E-state index in [2.05, 4.69) is 5.32 Å². The molecule has 0 radical (unpaired) electrons. The van der Waals surface area contributed by atoms with Gasteiger partial charge in [0.1, 0.15) is 11.8 Å². The van der Waals surface area contributed by atoms with Gasteiger partial charge in [0.05, 0.1) is 12.0 Å². The number of nitrogens with zero attached hydrogens (tertiary/aromatic N) is 2. The lowest BCUT2D eigenvalue weighted by molar-refractivity contribution is -0.385. The van der Waals surface area contributed by atoms with Gasteiger partial charge in [-0.1, -0.05) is 31.2 Å². The van der Waals surface area contributed by atoms with E-state index in [0.717, 1.165) is 17.5 Å². The Morgan fingerprint density at radius 2 is 1.94 bits per heavy atom. The summed E-state index contributed by atoms with van der Waals surface area (Å²) in [5.41, 5.74) is 1.73. The summed E-state index contributed by atoms with van der Waals surface area (Å²) >= 11 is 0. The highest BCUT2D eigenvalue weighted by atomic mass is 16.6. The molecule has 1 atom stereocenters. The molecule has 0 heterocycles. The number of nitro benzene ring substituents is 1. The lowest BCUT2D eigenvalue weighted by Gasteiger charge is -2.29. The molecule has 0 aliphatic rings. The number of carbonyl (C=O) groups excluding carboxylic acids is 2. The van der Waals surface area contributed by atoms with Crippen LogP contribution in [0.15, 0.2) is 42.5 Å². The molecule has 0 bridgehead atoms. The van der Waals surface area contributed by atoms with Crippen LogP contribution in [0.2, 0.25) is 0 Å². The van der Waals surface area contributed by atoms with Gasteiger partial charge in [0, 0.05) is 25.2 Å². The molecule has 2 rings (SSSR count). The van der Waals surface area contributed by atoms with Gasteiger partial charge in [0.15, 0.2) is 6.61 Å². The van der Waals surface area contributed by atoms with Crippen LogP contribution >= 0.6 is 0 Å². The van der Waals surface area contributed by atoms with E-state index in [4.69, 9.17) is 9.47 Å². The SMILES string of the molecule is CCCNC(=O)[C@@H](C)N(Cc1ccccc1C)C(=O)COc1ccc([N+](=O)[O-])c(OC)c1. The number of nitrogens with one attached hydrogen (secondary N) is 1. The van der Waals surface area contributed by atoms with E-state index in [1.807, 2.05) is 38.1 Å². The number of aryl methyl sites for hydroxylation is 1. The molecule has 1 N–H and O–H groups in total. The van der Waals surface area contributed by atoms with E-state index in [1.165, 1.54) is 30.2 Å². The average molecular weight is 444 g/mol. The molecular formula is C23H29N3O6. The quantitative estimate of drug-likeness (QED) is 0.422. The van der Waals surface area contributed by atoms with Crippen LogP contribution in [0.1, 0.15) is 31.4 Å². The molecule has 0 spiro atoms. The predicted molar refractivity (Wildman–Crippen MR) is 120 cm³/mol. The van der Waals surface area contributed by atoms with Crippen molar-refractivity contribution in [1.29, 1.82) is 0 Å². The van der Waals surface area contributed by atoms with Crippen LogP contribution in [0.5, 0.6) is 11.5 Å². The summed E-state index contributed by atoms with van der Waals surface area (Å²) < 4.78 is 10.6. The Morgan fingerprint density at radius 3 is 2.56 bits per heavy atom. The van der Waals surface area contributed by atoms with E-state index in [9.17, 15) is 19.7 Å².